The van der Waals surface area contributed by atoms with E-state index < -0.39 is 0 Å². The molecule has 4 nitrogen and oxygen atoms in total. The molecule has 0 aliphatic rings. The van der Waals surface area contributed by atoms with Crippen LogP contribution in [0.5, 0.6) is 0 Å². The van der Waals surface area contributed by atoms with Gasteiger partial charge in [-0.1, -0.05) is 62.4 Å². The number of amides is 2. The Morgan fingerprint density at radius 3 is 2.07 bits per heavy atom. The van der Waals surface area contributed by atoms with Crippen molar-refractivity contribution in [1.82, 2.24) is 5.32 Å². The van der Waals surface area contributed by atoms with Crippen LogP contribution in [-0.4, -0.2) is 11.8 Å². The molecule has 0 fully saturated rings. The summed E-state index contributed by atoms with van der Waals surface area (Å²) in [5.41, 5.74) is 3.87. The van der Waals surface area contributed by atoms with Crippen LogP contribution in [0.1, 0.15) is 51.6 Å². The summed E-state index contributed by atoms with van der Waals surface area (Å²) in [7, 11) is 0. The van der Waals surface area contributed by atoms with Crippen LogP contribution in [0.15, 0.2) is 78.9 Å². The zero-order valence-electron chi connectivity index (χ0n) is 16.1. The van der Waals surface area contributed by atoms with Gasteiger partial charge in [-0.2, -0.15) is 0 Å². The molecule has 0 atom stereocenters. The van der Waals surface area contributed by atoms with Gasteiger partial charge < -0.3 is 10.6 Å². The van der Waals surface area contributed by atoms with Crippen LogP contribution >= 0.6 is 0 Å². The van der Waals surface area contributed by atoms with E-state index >= 15 is 0 Å². The average Bonchev–Trinajstić information content (AvgIpc) is 2.73. The molecule has 0 heterocycles. The molecule has 0 aliphatic heterocycles. The lowest BCUT2D eigenvalue weighted by atomic mass is 10.0. The highest BCUT2D eigenvalue weighted by atomic mass is 16.2. The molecule has 0 bridgehead atoms. The fourth-order valence-electron chi connectivity index (χ4n) is 2.84. The third-order valence-electron chi connectivity index (χ3n) is 4.52. The fraction of sp³-hybridized carbons (Fsp3) is 0.167. The summed E-state index contributed by atoms with van der Waals surface area (Å²) in [5, 5.41) is 5.75. The average molecular weight is 372 g/mol. The van der Waals surface area contributed by atoms with E-state index in [0.717, 1.165) is 11.3 Å². The zero-order chi connectivity index (χ0) is 19.9. The predicted molar refractivity (Wildman–Crippen MR) is 113 cm³/mol. The second-order valence-electron chi connectivity index (χ2n) is 6.98. The lowest BCUT2D eigenvalue weighted by Gasteiger charge is -2.10. The fourth-order valence-corrected chi connectivity index (χ4v) is 2.84. The maximum atomic E-state index is 12.5. The normalized spacial score (nSPS) is 10.5. The summed E-state index contributed by atoms with van der Waals surface area (Å²) in [6.07, 6.45) is 0. The lowest BCUT2D eigenvalue weighted by molar-refractivity contribution is 0.0951. The smallest absolute Gasteiger partial charge is 0.255 e. The molecule has 0 aliphatic carbocycles. The molecule has 142 valence electrons. The Kier molecular flexibility index (Phi) is 6.22. The van der Waals surface area contributed by atoms with Gasteiger partial charge in [-0.05, 0) is 47.4 Å². The molecule has 3 aromatic carbocycles. The van der Waals surface area contributed by atoms with Crippen LogP contribution in [0, 0.1) is 0 Å². The summed E-state index contributed by atoms with van der Waals surface area (Å²) < 4.78 is 0. The van der Waals surface area contributed by atoms with Crippen molar-refractivity contribution < 1.29 is 9.59 Å². The van der Waals surface area contributed by atoms with E-state index in [0.29, 0.717) is 23.6 Å². The monoisotopic (exact) mass is 372 g/mol. The van der Waals surface area contributed by atoms with Crippen molar-refractivity contribution in [3.8, 4) is 0 Å². The van der Waals surface area contributed by atoms with Gasteiger partial charge >= 0.3 is 0 Å². The molecule has 28 heavy (non-hydrogen) atoms. The molecule has 0 unspecified atom stereocenters. The maximum absolute atomic E-state index is 12.5. The minimum Gasteiger partial charge on any atom is -0.348 e. The predicted octanol–water partition coefficient (Wildman–Crippen LogP) is 4.99. The first-order valence-corrected chi connectivity index (χ1v) is 9.36. The first kappa shape index (κ1) is 19.4. The van der Waals surface area contributed by atoms with Crippen molar-refractivity contribution in [2.75, 3.05) is 5.32 Å². The molecule has 2 amide bonds. The molecule has 0 saturated heterocycles. The molecular formula is C24H24N2O2. The quantitative estimate of drug-likeness (QED) is 0.640. The van der Waals surface area contributed by atoms with Gasteiger partial charge in [0.1, 0.15) is 0 Å². The van der Waals surface area contributed by atoms with Gasteiger partial charge in [0.2, 0.25) is 0 Å². The van der Waals surface area contributed by atoms with Gasteiger partial charge in [-0.15, -0.1) is 0 Å². The largest absolute Gasteiger partial charge is 0.348 e. The SMILES string of the molecule is CC(C)c1ccc(NC(=O)c2cccc(C(=O)NCc3ccccc3)c2)cc1. The van der Waals surface area contributed by atoms with Crippen LogP contribution in [-0.2, 0) is 6.54 Å². The second-order valence-corrected chi connectivity index (χ2v) is 6.98. The number of carbonyl (C=O) groups excluding carboxylic acids is 2. The number of rotatable bonds is 6. The van der Waals surface area contributed by atoms with Crippen molar-refractivity contribution in [2.24, 2.45) is 0 Å². The molecular weight excluding hydrogens is 348 g/mol. The van der Waals surface area contributed by atoms with E-state index in [1.807, 2.05) is 54.6 Å². The number of hydrogen-bond donors (Lipinski definition) is 2. The minimum atomic E-state index is -0.241. The van der Waals surface area contributed by atoms with E-state index in [4.69, 9.17) is 0 Å². The molecule has 0 spiro atoms. The summed E-state index contributed by atoms with van der Waals surface area (Å²) in [4.78, 5) is 25.0. The summed E-state index contributed by atoms with van der Waals surface area (Å²) in [5.74, 6) is -0.00868. The molecule has 0 saturated carbocycles. The Hall–Kier alpha value is -3.40. The van der Waals surface area contributed by atoms with Gasteiger partial charge in [0.05, 0.1) is 0 Å². The van der Waals surface area contributed by atoms with E-state index in [2.05, 4.69) is 24.5 Å². The van der Waals surface area contributed by atoms with Crippen LogP contribution in [0.2, 0.25) is 0 Å². The first-order valence-electron chi connectivity index (χ1n) is 9.36. The lowest BCUT2D eigenvalue weighted by Crippen LogP contribution is -2.23. The van der Waals surface area contributed by atoms with E-state index in [1.165, 1.54) is 5.56 Å². The molecule has 0 aromatic heterocycles. The van der Waals surface area contributed by atoms with Crippen LogP contribution < -0.4 is 10.6 Å². The number of hydrogen-bond acceptors (Lipinski definition) is 2. The van der Waals surface area contributed by atoms with Crippen molar-refractivity contribution in [1.29, 1.82) is 0 Å². The van der Waals surface area contributed by atoms with E-state index in [1.54, 1.807) is 24.3 Å². The highest BCUT2D eigenvalue weighted by molar-refractivity contribution is 6.06. The molecule has 3 aromatic rings. The zero-order valence-corrected chi connectivity index (χ0v) is 16.1. The molecule has 2 N–H and O–H groups in total. The molecule has 0 radical (unpaired) electrons. The van der Waals surface area contributed by atoms with Crippen LogP contribution in [0.4, 0.5) is 5.69 Å². The summed E-state index contributed by atoms with van der Waals surface area (Å²) >= 11 is 0. The van der Waals surface area contributed by atoms with Gasteiger partial charge in [0.25, 0.3) is 11.8 Å². The Morgan fingerprint density at radius 1 is 0.786 bits per heavy atom. The van der Waals surface area contributed by atoms with Crippen molar-refractivity contribution in [3.63, 3.8) is 0 Å². The highest BCUT2D eigenvalue weighted by Crippen LogP contribution is 2.18. The molecule has 3 rings (SSSR count). The number of carbonyl (C=O) groups is 2. The number of benzene rings is 3. The second kappa shape index (κ2) is 9.00. The van der Waals surface area contributed by atoms with Gasteiger partial charge in [-0.25, -0.2) is 0 Å². The summed E-state index contributed by atoms with van der Waals surface area (Å²) in [6.45, 7) is 4.70. The van der Waals surface area contributed by atoms with Gasteiger partial charge in [0.15, 0.2) is 0 Å². The van der Waals surface area contributed by atoms with Gasteiger partial charge in [-0.3, -0.25) is 9.59 Å². The Bertz CT molecular complexity index is 948. The van der Waals surface area contributed by atoms with E-state index in [-0.39, 0.29) is 11.8 Å². The van der Waals surface area contributed by atoms with Crippen LogP contribution in [0.25, 0.3) is 0 Å². The maximum Gasteiger partial charge on any atom is 0.255 e. The van der Waals surface area contributed by atoms with Crippen molar-refractivity contribution >= 4 is 17.5 Å². The Labute approximate surface area is 165 Å². The van der Waals surface area contributed by atoms with Crippen molar-refractivity contribution in [3.05, 3.63) is 101 Å². The number of nitrogens with one attached hydrogen (secondary N) is 2. The Morgan fingerprint density at radius 2 is 1.43 bits per heavy atom. The number of anilines is 1. The third-order valence-corrected chi connectivity index (χ3v) is 4.52. The van der Waals surface area contributed by atoms with Gasteiger partial charge in [0, 0.05) is 23.4 Å². The third kappa shape index (κ3) is 5.07. The van der Waals surface area contributed by atoms with Crippen molar-refractivity contribution in [2.45, 2.75) is 26.3 Å². The first-order chi connectivity index (χ1) is 13.5. The van der Waals surface area contributed by atoms with Crippen LogP contribution in [0.3, 0.4) is 0 Å². The Balaban J connectivity index is 1.64. The topological polar surface area (TPSA) is 58.2 Å². The minimum absolute atomic E-state index is 0.209. The summed E-state index contributed by atoms with van der Waals surface area (Å²) in [6, 6.07) is 24.2. The van der Waals surface area contributed by atoms with E-state index in [9.17, 15) is 9.59 Å². The standard InChI is InChI=1S/C24H24N2O2/c1-17(2)19-11-13-22(14-12-19)26-24(28)21-10-6-9-20(15-21)23(27)25-16-18-7-4-3-5-8-18/h3-15,17H,16H2,1-2H3,(H,25,27)(H,26,28). The highest BCUT2D eigenvalue weighted by Gasteiger charge is 2.11. The molecule has 4 heteroatoms.